The van der Waals surface area contributed by atoms with Crippen LogP contribution in [0, 0.1) is 6.92 Å². The summed E-state index contributed by atoms with van der Waals surface area (Å²) in [6.07, 6.45) is 0. The van der Waals surface area contributed by atoms with Gasteiger partial charge in [-0.25, -0.2) is 0 Å². The minimum absolute atomic E-state index is 0.328. The molecule has 0 aliphatic carbocycles. The van der Waals surface area contributed by atoms with Crippen LogP contribution in [0.15, 0.2) is 40.2 Å². The van der Waals surface area contributed by atoms with Crippen molar-refractivity contribution in [2.45, 2.75) is 6.92 Å². The summed E-state index contributed by atoms with van der Waals surface area (Å²) in [5, 5.41) is 6.76. The van der Waals surface area contributed by atoms with Gasteiger partial charge >= 0.3 is 0 Å². The number of nitrogens with zero attached hydrogens (tertiary/aromatic N) is 1. The molecule has 0 saturated carbocycles. The van der Waals surface area contributed by atoms with Gasteiger partial charge in [-0.15, -0.1) is 11.3 Å². The summed E-state index contributed by atoms with van der Waals surface area (Å²) < 4.78 is 5.14. The summed E-state index contributed by atoms with van der Waals surface area (Å²) in [6.45, 7) is 1.96. The highest BCUT2D eigenvalue weighted by Gasteiger charge is 2.18. The van der Waals surface area contributed by atoms with E-state index in [0.717, 1.165) is 27.3 Å². The number of aryl methyl sites for hydroxylation is 1. The first-order valence-electron chi connectivity index (χ1n) is 5.72. The molecule has 0 fully saturated rings. The predicted octanol–water partition coefficient (Wildman–Crippen LogP) is 4.61. The van der Waals surface area contributed by atoms with E-state index in [-0.39, 0.29) is 0 Å². The van der Waals surface area contributed by atoms with Gasteiger partial charge in [0.25, 0.3) is 0 Å². The highest BCUT2D eigenvalue weighted by atomic mass is 35.5. The lowest BCUT2D eigenvalue weighted by Crippen LogP contribution is -1.86. The number of rotatable bonds is 2. The summed E-state index contributed by atoms with van der Waals surface area (Å²) in [7, 11) is 0. The Bertz CT molecular complexity index is 719. The van der Waals surface area contributed by atoms with E-state index in [1.54, 1.807) is 11.3 Å². The SMILES string of the molecule is Cc1ccc(-c2noc(N)c2-c2cccs2)cc1Cl. The summed E-state index contributed by atoms with van der Waals surface area (Å²) in [6, 6.07) is 9.77. The summed E-state index contributed by atoms with van der Waals surface area (Å²) in [4.78, 5) is 1.03. The highest BCUT2D eigenvalue weighted by molar-refractivity contribution is 7.13. The van der Waals surface area contributed by atoms with Crippen molar-refractivity contribution in [1.82, 2.24) is 5.16 Å². The molecule has 2 heterocycles. The van der Waals surface area contributed by atoms with E-state index in [1.165, 1.54) is 0 Å². The van der Waals surface area contributed by atoms with Crippen LogP contribution in [0.4, 0.5) is 5.88 Å². The second-order valence-electron chi connectivity index (χ2n) is 4.21. The molecule has 2 aromatic heterocycles. The Kier molecular flexibility index (Phi) is 3.05. The van der Waals surface area contributed by atoms with E-state index in [4.69, 9.17) is 21.9 Å². The van der Waals surface area contributed by atoms with Gasteiger partial charge in [-0.2, -0.15) is 0 Å². The molecule has 3 nitrogen and oxygen atoms in total. The van der Waals surface area contributed by atoms with Crippen LogP contribution in [0.2, 0.25) is 5.02 Å². The normalized spacial score (nSPS) is 10.8. The first-order chi connectivity index (χ1) is 9.16. The van der Waals surface area contributed by atoms with E-state index in [2.05, 4.69) is 5.16 Å². The van der Waals surface area contributed by atoms with Crippen molar-refractivity contribution >= 4 is 28.8 Å². The summed E-state index contributed by atoms with van der Waals surface area (Å²) in [5.41, 5.74) is 9.36. The Hall–Kier alpha value is -1.78. The third-order valence-electron chi connectivity index (χ3n) is 2.93. The number of nitrogen functional groups attached to an aromatic ring is 1. The van der Waals surface area contributed by atoms with Crippen LogP contribution < -0.4 is 5.73 Å². The average Bonchev–Trinajstić information content (AvgIpc) is 3.01. The largest absolute Gasteiger partial charge is 0.367 e. The lowest BCUT2D eigenvalue weighted by Gasteiger charge is -2.03. The first-order valence-corrected chi connectivity index (χ1v) is 6.98. The Morgan fingerprint density at radius 2 is 2.16 bits per heavy atom. The maximum atomic E-state index is 6.16. The van der Waals surface area contributed by atoms with Gasteiger partial charge in [-0.1, -0.05) is 35.0 Å². The fourth-order valence-corrected chi connectivity index (χ4v) is 2.86. The Balaban J connectivity index is 2.18. The van der Waals surface area contributed by atoms with E-state index in [9.17, 15) is 0 Å². The van der Waals surface area contributed by atoms with Gasteiger partial charge in [0.2, 0.25) is 5.88 Å². The fraction of sp³-hybridized carbons (Fsp3) is 0.0714. The van der Waals surface area contributed by atoms with Gasteiger partial charge in [0.1, 0.15) is 5.69 Å². The molecule has 0 unspecified atom stereocenters. The van der Waals surface area contributed by atoms with Crippen molar-refractivity contribution in [2.75, 3.05) is 5.73 Å². The van der Waals surface area contributed by atoms with Gasteiger partial charge in [-0.05, 0) is 30.0 Å². The predicted molar refractivity (Wildman–Crippen MR) is 79.4 cm³/mol. The molecule has 96 valence electrons. The third-order valence-corrected chi connectivity index (χ3v) is 4.23. The molecular formula is C14H11ClN2OS. The number of thiophene rings is 1. The quantitative estimate of drug-likeness (QED) is 0.749. The van der Waals surface area contributed by atoms with Crippen LogP contribution in [0.5, 0.6) is 0 Å². The summed E-state index contributed by atoms with van der Waals surface area (Å²) in [5.74, 6) is 0.328. The molecule has 0 amide bonds. The summed E-state index contributed by atoms with van der Waals surface area (Å²) >= 11 is 7.76. The van der Waals surface area contributed by atoms with Crippen molar-refractivity contribution in [3.63, 3.8) is 0 Å². The molecule has 3 rings (SSSR count). The van der Waals surface area contributed by atoms with Crippen LogP contribution in [-0.2, 0) is 0 Å². The van der Waals surface area contributed by atoms with Crippen LogP contribution in [0.25, 0.3) is 21.7 Å². The maximum absolute atomic E-state index is 6.16. The minimum atomic E-state index is 0.328. The second kappa shape index (κ2) is 4.72. The molecule has 0 spiro atoms. The number of halogens is 1. The molecule has 0 radical (unpaired) electrons. The van der Waals surface area contributed by atoms with Gasteiger partial charge in [0, 0.05) is 15.5 Å². The van der Waals surface area contributed by atoms with E-state index in [0.29, 0.717) is 10.9 Å². The number of aromatic nitrogens is 1. The molecule has 0 saturated heterocycles. The zero-order valence-corrected chi connectivity index (χ0v) is 11.8. The third kappa shape index (κ3) is 2.13. The zero-order chi connectivity index (χ0) is 13.4. The van der Waals surface area contributed by atoms with Crippen molar-refractivity contribution in [1.29, 1.82) is 0 Å². The molecule has 0 aliphatic rings. The van der Waals surface area contributed by atoms with Crippen molar-refractivity contribution in [3.8, 4) is 21.7 Å². The van der Waals surface area contributed by atoms with Crippen molar-refractivity contribution in [3.05, 3.63) is 46.3 Å². The number of anilines is 1. The van der Waals surface area contributed by atoms with Crippen LogP contribution in [0.1, 0.15) is 5.56 Å². The molecular weight excluding hydrogens is 280 g/mol. The lowest BCUT2D eigenvalue weighted by molar-refractivity contribution is 0.439. The van der Waals surface area contributed by atoms with E-state index >= 15 is 0 Å². The fourth-order valence-electron chi connectivity index (χ4n) is 1.90. The monoisotopic (exact) mass is 290 g/mol. The highest BCUT2D eigenvalue weighted by Crippen LogP contribution is 2.39. The number of hydrogen-bond acceptors (Lipinski definition) is 4. The molecule has 5 heteroatoms. The number of hydrogen-bond donors (Lipinski definition) is 1. The number of nitrogens with two attached hydrogens (primary N) is 1. The van der Waals surface area contributed by atoms with Crippen LogP contribution in [0.3, 0.4) is 0 Å². The Morgan fingerprint density at radius 3 is 2.84 bits per heavy atom. The second-order valence-corrected chi connectivity index (χ2v) is 5.57. The standard InChI is InChI=1S/C14H11ClN2OS/c1-8-4-5-9(7-10(8)15)13-12(14(16)18-17-13)11-3-2-6-19-11/h2-7H,16H2,1H3. The molecule has 1 aromatic carbocycles. The van der Waals surface area contributed by atoms with Gasteiger partial charge in [0.15, 0.2) is 0 Å². The Labute approximate surface area is 119 Å². The minimum Gasteiger partial charge on any atom is -0.367 e. The average molecular weight is 291 g/mol. The molecule has 0 atom stereocenters. The molecule has 3 aromatic rings. The molecule has 2 N–H and O–H groups in total. The topological polar surface area (TPSA) is 52.0 Å². The van der Waals surface area contributed by atoms with Crippen LogP contribution in [-0.4, -0.2) is 5.16 Å². The van der Waals surface area contributed by atoms with E-state index < -0.39 is 0 Å². The van der Waals surface area contributed by atoms with Gasteiger partial charge in [0.05, 0.1) is 5.56 Å². The smallest absolute Gasteiger partial charge is 0.231 e. The molecule has 0 bridgehead atoms. The van der Waals surface area contributed by atoms with E-state index in [1.807, 2.05) is 42.6 Å². The maximum Gasteiger partial charge on any atom is 0.231 e. The van der Waals surface area contributed by atoms with Gasteiger partial charge in [-0.3, -0.25) is 0 Å². The molecule has 0 aliphatic heterocycles. The van der Waals surface area contributed by atoms with Crippen LogP contribution >= 0.6 is 22.9 Å². The molecule has 19 heavy (non-hydrogen) atoms. The van der Waals surface area contributed by atoms with Crippen molar-refractivity contribution in [2.24, 2.45) is 0 Å². The Morgan fingerprint density at radius 1 is 1.32 bits per heavy atom. The lowest BCUT2D eigenvalue weighted by atomic mass is 10.0. The van der Waals surface area contributed by atoms with Gasteiger partial charge < -0.3 is 10.3 Å². The zero-order valence-electron chi connectivity index (χ0n) is 10.2. The first kappa shape index (κ1) is 12.3. The number of benzene rings is 1. The van der Waals surface area contributed by atoms with Crippen molar-refractivity contribution < 1.29 is 4.52 Å².